The number of anilines is 2. The number of fused-ring (bicyclic) bond motifs is 1. The molecule has 0 spiro atoms. The van der Waals surface area contributed by atoms with E-state index in [1.807, 2.05) is 6.92 Å². The van der Waals surface area contributed by atoms with Gasteiger partial charge in [0.15, 0.2) is 0 Å². The van der Waals surface area contributed by atoms with Crippen LogP contribution in [0.4, 0.5) is 16.2 Å². The van der Waals surface area contributed by atoms with Crippen molar-refractivity contribution in [1.29, 1.82) is 0 Å². The van der Waals surface area contributed by atoms with Crippen LogP contribution in [0.5, 0.6) is 0 Å². The van der Waals surface area contributed by atoms with Crippen molar-refractivity contribution < 1.29 is 14.4 Å². The minimum atomic E-state index is -0.855. The molecule has 2 aromatic carbocycles. The molecule has 0 aromatic heterocycles. The zero-order valence-corrected chi connectivity index (χ0v) is 22.2. The second-order valence-corrected chi connectivity index (χ2v) is 11.0. The Bertz CT molecular complexity index is 1280. The van der Waals surface area contributed by atoms with Crippen molar-refractivity contribution in [2.45, 2.75) is 65.5 Å². The van der Waals surface area contributed by atoms with Crippen LogP contribution in [0.15, 0.2) is 35.9 Å². The highest BCUT2D eigenvalue weighted by Crippen LogP contribution is 2.45. The quantitative estimate of drug-likeness (QED) is 0.377. The van der Waals surface area contributed by atoms with E-state index in [1.165, 1.54) is 29.4 Å². The van der Waals surface area contributed by atoms with Gasteiger partial charge in [0.05, 0.1) is 10.7 Å². The van der Waals surface area contributed by atoms with Crippen LogP contribution in [0.1, 0.15) is 63.6 Å². The third-order valence-corrected chi connectivity index (χ3v) is 7.27. The number of imide groups is 2. The number of hydrogen-bond acceptors (Lipinski definition) is 4. The Morgan fingerprint density at radius 3 is 2.40 bits per heavy atom. The number of carbonyl (C=O) groups is 3. The number of benzene rings is 2. The van der Waals surface area contributed by atoms with Crippen molar-refractivity contribution in [2.24, 2.45) is 0 Å². The van der Waals surface area contributed by atoms with Crippen LogP contribution in [0.25, 0.3) is 6.08 Å². The van der Waals surface area contributed by atoms with Crippen molar-refractivity contribution in [2.75, 3.05) is 9.80 Å². The van der Waals surface area contributed by atoms with E-state index in [-0.39, 0.29) is 21.8 Å². The van der Waals surface area contributed by atoms with Crippen LogP contribution < -0.4 is 15.1 Å². The van der Waals surface area contributed by atoms with Gasteiger partial charge >= 0.3 is 6.03 Å². The SMILES string of the molecule is Cc1cc2c(cc1/C=C1\C(=O)NC(=O)N(c3ccc(Cl)cc3Cl)C1=O)[C@@H](C)CC(C)(C)N2C(C)C. The van der Waals surface area contributed by atoms with Crippen molar-refractivity contribution in [3.63, 3.8) is 0 Å². The minimum absolute atomic E-state index is 0.00490. The molecule has 1 saturated heterocycles. The fourth-order valence-corrected chi connectivity index (χ4v) is 5.93. The number of aryl methyl sites for hydroxylation is 1. The summed E-state index contributed by atoms with van der Waals surface area (Å²) in [5.41, 5.74) is 4.06. The minimum Gasteiger partial charge on any atom is -0.364 e. The lowest BCUT2D eigenvalue weighted by Gasteiger charge is -2.50. The summed E-state index contributed by atoms with van der Waals surface area (Å²) in [6.45, 7) is 13.1. The first kappa shape index (κ1) is 25.3. The first-order chi connectivity index (χ1) is 16.3. The lowest BCUT2D eigenvalue weighted by atomic mass is 9.78. The van der Waals surface area contributed by atoms with Gasteiger partial charge in [0, 0.05) is 22.3 Å². The summed E-state index contributed by atoms with van der Waals surface area (Å²) >= 11 is 12.2. The first-order valence-corrected chi connectivity index (χ1v) is 12.4. The summed E-state index contributed by atoms with van der Waals surface area (Å²) in [5, 5.41) is 2.75. The molecule has 4 amide bonds. The van der Waals surface area contributed by atoms with Crippen LogP contribution in [-0.2, 0) is 9.59 Å². The van der Waals surface area contributed by atoms with Crippen molar-refractivity contribution in [1.82, 2.24) is 5.32 Å². The van der Waals surface area contributed by atoms with E-state index >= 15 is 0 Å². The molecular formula is C27H29Cl2N3O3. The molecule has 35 heavy (non-hydrogen) atoms. The van der Waals surface area contributed by atoms with Gasteiger partial charge in [0.1, 0.15) is 5.57 Å². The third-order valence-electron chi connectivity index (χ3n) is 6.73. The van der Waals surface area contributed by atoms with E-state index < -0.39 is 17.8 Å². The number of amides is 4. The molecule has 2 aromatic rings. The van der Waals surface area contributed by atoms with Crippen LogP contribution >= 0.6 is 23.2 Å². The normalized spacial score (nSPS) is 21.0. The maximum absolute atomic E-state index is 13.4. The van der Waals surface area contributed by atoms with Gasteiger partial charge in [-0.2, -0.15) is 0 Å². The molecule has 1 fully saturated rings. The fourth-order valence-electron chi connectivity index (χ4n) is 5.44. The van der Waals surface area contributed by atoms with Gasteiger partial charge in [0.25, 0.3) is 11.8 Å². The molecule has 0 unspecified atom stereocenters. The first-order valence-electron chi connectivity index (χ1n) is 11.6. The summed E-state index contributed by atoms with van der Waals surface area (Å²) in [5.74, 6) is -1.18. The molecule has 0 bridgehead atoms. The predicted octanol–water partition coefficient (Wildman–Crippen LogP) is 6.47. The van der Waals surface area contributed by atoms with Crippen LogP contribution in [0, 0.1) is 6.92 Å². The lowest BCUT2D eigenvalue weighted by molar-refractivity contribution is -0.122. The Labute approximate surface area is 215 Å². The summed E-state index contributed by atoms with van der Waals surface area (Å²) in [4.78, 5) is 41.9. The molecule has 0 radical (unpaired) electrons. The van der Waals surface area contributed by atoms with Crippen LogP contribution in [0.3, 0.4) is 0 Å². The number of rotatable bonds is 3. The largest absolute Gasteiger partial charge is 0.364 e. The van der Waals surface area contributed by atoms with E-state index in [9.17, 15) is 14.4 Å². The molecule has 184 valence electrons. The molecule has 4 rings (SSSR count). The average molecular weight is 514 g/mol. The molecule has 2 aliphatic heterocycles. The second kappa shape index (κ2) is 8.99. The smallest absolute Gasteiger partial charge is 0.335 e. The zero-order valence-electron chi connectivity index (χ0n) is 20.7. The van der Waals surface area contributed by atoms with E-state index in [4.69, 9.17) is 23.2 Å². The van der Waals surface area contributed by atoms with Crippen LogP contribution in [-0.4, -0.2) is 29.4 Å². The maximum atomic E-state index is 13.4. The van der Waals surface area contributed by atoms with Crippen molar-refractivity contribution >= 4 is 58.5 Å². The topological polar surface area (TPSA) is 69.7 Å². The van der Waals surface area contributed by atoms with Crippen molar-refractivity contribution in [3.05, 3.63) is 62.6 Å². The predicted molar refractivity (Wildman–Crippen MR) is 141 cm³/mol. The Balaban J connectivity index is 1.80. The lowest BCUT2D eigenvalue weighted by Crippen LogP contribution is -2.54. The summed E-state index contributed by atoms with van der Waals surface area (Å²) < 4.78 is 0. The van der Waals surface area contributed by atoms with Gasteiger partial charge in [0.2, 0.25) is 0 Å². The molecule has 1 atom stereocenters. The molecular weight excluding hydrogens is 485 g/mol. The number of hydrogen-bond donors (Lipinski definition) is 1. The number of urea groups is 1. The van der Waals surface area contributed by atoms with Gasteiger partial charge in [-0.3, -0.25) is 14.9 Å². The summed E-state index contributed by atoms with van der Waals surface area (Å²) in [6, 6.07) is 8.09. The van der Waals surface area contributed by atoms with Gasteiger partial charge in [-0.1, -0.05) is 30.1 Å². The molecule has 8 heteroatoms. The standard InChI is InChI=1S/C27H29Cl2N3O3/c1-14(2)32-23-9-15(3)17(10-19(23)16(4)13-27(32,5)6)11-20-24(33)30-26(35)31(25(20)34)22-8-7-18(28)12-21(22)29/h7-12,14,16H,13H2,1-6H3,(H,30,33,35)/b20-11+/t16-/m0/s1. The van der Waals surface area contributed by atoms with E-state index in [0.717, 1.165) is 22.4 Å². The van der Waals surface area contributed by atoms with Crippen LogP contribution in [0.2, 0.25) is 10.0 Å². The van der Waals surface area contributed by atoms with Crippen molar-refractivity contribution in [3.8, 4) is 0 Å². The Hall–Kier alpha value is -2.83. The molecule has 6 nitrogen and oxygen atoms in total. The molecule has 2 heterocycles. The summed E-state index contributed by atoms with van der Waals surface area (Å²) in [6.07, 6.45) is 2.54. The Morgan fingerprint density at radius 1 is 1.09 bits per heavy atom. The molecule has 0 saturated carbocycles. The third kappa shape index (κ3) is 4.45. The number of barbiturate groups is 1. The van der Waals surface area contributed by atoms with Gasteiger partial charge < -0.3 is 4.90 Å². The summed E-state index contributed by atoms with van der Waals surface area (Å²) in [7, 11) is 0. The number of nitrogens with zero attached hydrogens (tertiary/aromatic N) is 2. The molecule has 2 aliphatic rings. The zero-order chi connectivity index (χ0) is 25.8. The Kier molecular flexibility index (Phi) is 6.49. The van der Waals surface area contributed by atoms with E-state index in [1.54, 1.807) is 6.08 Å². The maximum Gasteiger partial charge on any atom is 0.335 e. The monoisotopic (exact) mass is 513 g/mol. The Morgan fingerprint density at radius 2 is 1.77 bits per heavy atom. The number of carbonyl (C=O) groups excluding carboxylic acids is 3. The molecule has 0 aliphatic carbocycles. The highest BCUT2D eigenvalue weighted by molar-refractivity contribution is 6.42. The molecule has 1 N–H and O–H groups in total. The highest BCUT2D eigenvalue weighted by Gasteiger charge is 2.40. The van der Waals surface area contributed by atoms with Gasteiger partial charge in [-0.05, 0) is 100 Å². The fraction of sp³-hybridized carbons (Fsp3) is 0.370. The van der Waals surface area contributed by atoms with E-state index in [2.05, 4.69) is 57.0 Å². The van der Waals surface area contributed by atoms with Gasteiger partial charge in [-0.25, -0.2) is 9.69 Å². The average Bonchev–Trinajstić information content (AvgIpc) is 2.72. The highest BCUT2D eigenvalue weighted by atomic mass is 35.5. The number of halogens is 2. The number of nitrogens with one attached hydrogen (secondary N) is 1. The van der Waals surface area contributed by atoms with Gasteiger partial charge in [-0.15, -0.1) is 0 Å². The second-order valence-electron chi connectivity index (χ2n) is 10.2. The van der Waals surface area contributed by atoms with E-state index in [0.29, 0.717) is 17.0 Å².